The first-order valence-corrected chi connectivity index (χ1v) is 6.23. The SMILES string of the molecule is N#Cc1ccc(NCc2cccc(CO)c2)cc1Cl. The molecule has 2 rings (SSSR count). The van der Waals surface area contributed by atoms with E-state index in [1.54, 1.807) is 12.1 Å². The molecule has 2 N–H and O–H groups in total. The zero-order valence-electron chi connectivity index (χ0n) is 10.2. The molecule has 0 aromatic heterocycles. The van der Waals surface area contributed by atoms with Crippen molar-refractivity contribution in [2.75, 3.05) is 5.32 Å². The van der Waals surface area contributed by atoms with Gasteiger partial charge >= 0.3 is 0 Å². The summed E-state index contributed by atoms with van der Waals surface area (Å²) in [6, 6.07) is 15.0. The van der Waals surface area contributed by atoms with E-state index in [2.05, 4.69) is 5.32 Å². The van der Waals surface area contributed by atoms with Crippen molar-refractivity contribution in [3.8, 4) is 6.07 Å². The molecule has 0 spiro atoms. The topological polar surface area (TPSA) is 56.0 Å². The molecule has 0 saturated carbocycles. The average Bonchev–Trinajstić information content (AvgIpc) is 2.45. The fourth-order valence-corrected chi connectivity index (χ4v) is 1.98. The Morgan fingerprint density at radius 1 is 1.16 bits per heavy atom. The number of aliphatic hydroxyl groups excluding tert-OH is 1. The lowest BCUT2D eigenvalue weighted by molar-refractivity contribution is 0.281. The number of nitrogens with one attached hydrogen (secondary N) is 1. The number of aliphatic hydroxyl groups is 1. The van der Waals surface area contributed by atoms with Crippen LogP contribution in [0, 0.1) is 11.3 Å². The van der Waals surface area contributed by atoms with Crippen molar-refractivity contribution in [2.45, 2.75) is 13.2 Å². The first-order chi connectivity index (χ1) is 9.22. The highest BCUT2D eigenvalue weighted by Gasteiger charge is 2.01. The number of benzene rings is 2. The van der Waals surface area contributed by atoms with Crippen molar-refractivity contribution >= 4 is 17.3 Å². The number of rotatable bonds is 4. The van der Waals surface area contributed by atoms with Gasteiger partial charge in [-0.1, -0.05) is 35.9 Å². The van der Waals surface area contributed by atoms with Crippen LogP contribution >= 0.6 is 11.6 Å². The van der Waals surface area contributed by atoms with Crippen LogP contribution in [0.5, 0.6) is 0 Å². The standard InChI is InChI=1S/C15H13ClN2O/c16-15-7-14(5-4-13(15)8-17)18-9-11-2-1-3-12(6-11)10-19/h1-7,18-19H,9-10H2. The Kier molecular flexibility index (Phi) is 4.40. The average molecular weight is 273 g/mol. The van der Waals surface area contributed by atoms with Crippen LogP contribution in [0.1, 0.15) is 16.7 Å². The Labute approximate surface area is 117 Å². The number of hydrogen-bond acceptors (Lipinski definition) is 3. The van der Waals surface area contributed by atoms with Gasteiger partial charge < -0.3 is 10.4 Å². The summed E-state index contributed by atoms with van der Waals surface area (Å²) in [7, 11) is 0. The Balaban J connectivity index is 2.06. The second kappa shape index (κ2) is 6.24. The van der Waals surface area contributed by atoms with E-state index in [-0.39, 0.29) is 6.61 Å². The van der Waals surface area contributed by atoms with Crippen LogP contribution in [-0.2, 0) is 13.2 Å². The van der Waals surface area contributed by atoms with Crippen LogP contribution in [0.15, 0.2) is 42.5 Å². The molecule has 0 saturated heterocycles. The van der Waals surface area contributed by atoms with E-state index in [9.17, 15) is 0 Å². The molecule has 96 valence electrons. The van der Waals surface area contributed by atoms with Gasteiger partial charge in [-0.2, -0.15) is 5.26 Å². The van der Waals surface area contributed by atoms with Crippen molar-refractivity contribution < 1.29 is 5.11 Å². The van der Waals surface area contributed by atoms with E-state index in [0.717, 1.165) is 16.8 Å². The van der Waals surface area contributed by atoms with Gasteiger partial charge in [0.1, 0.15) is 6.07 Å². The van der Waals surface area contributed by atoms with E-state index in [4.69, 9.17) is 22.0 Å². The normalized spacial score (nSPS) is 9.95. The summed E-state index contributed by atoms with van der Waals surface area (Å²) in [6.07, 6.45) is 0. The van der Waals surface area contributed by atoms with Crippen LogP contribution < -0.4 is 5.32 Å². The van der Waals surface area contributed by atoms with Crippen LogP contribution in [-0.4, -0.2) is 5.11 Å². The molecule has 0 fully saturated rings. The van der Waals surface area contributed by atoms with E-state index in [0.29, 0.717) is 17.1 Å². The molecule has 19 heavy (non-hydrogen) atoms. The summed E-state index contributed by atoms with van der Waals surface area (Å²) in [5.41, 5.74) is 3.29. The maximum atomic E-state index is 9.07. The molecular weight excluding hydrogens is 260 g/mol. The summed E-state index contributed by atoms with van der Waals surface area (Å²) in [4.78, 5) is 0. The Morgan fingerprint density at radius 2 is 1.95 bits per heavy atom. The van der Waals surface area contributed by atoms with Crippen LogP contribution in [0.4, 0.5) is 5.69 Å². The van der Waals surface area contributed by atoms with Crippen molar-refractivity contribution in [2.24, 2.45) is 0 Å². The monoisotopic (exact) mass is 272 g/mol. The van der Waals surface area contributed by atoms with Gasteiger partial charge in [-0.25, -0.2) is 0 Å². The third-order valence-corrected chi connectivity index (χ3v) is 3.07. The first kappa shape index (κ1) is 13.4. The van der Waals surface area contributed by atoms with E-state index in [1.165, 1.54) is 0 Å². The Bertz CT molecular complexity index is 620. The highest BCUT2D eigenvalue weighted by molar-refractivity contribution is 6.32. The third-order valence-electron chi connectivity index (χ3n) is 2.76. The lowest BCUT2D eigenvalue weighted by atomic mass is 10.1. The van der Waals surface area contributed by atoms with Gasteiger partial charge in [0, 0.05) is 12.2 Å². The summed E-state index contributed by atoms with van der Waals surface area (Å²) in [5.74, 6) is 0. The fourth-order valence-electron chi connectivity index (χ4n) is 1.76. The minimum Gasteiger partial charge on any atom is -0.392 e. The molecular formula is C15H13ClN2O. The van der Waals surface area contributed by atoms with Gasteiger partial charge in [0.15, 0.2) is 0 Å². The summed E-state index contributed by atoms with van der Waals surface area (Å²) in [5, 5.41) is 21.5. The van der Waals surface area contributed by atoms with Gasteiger partial charge in [0.05, 0.1) is 17.2 Å². The molecule has 0 aliphatic heterocycles. The van der Waals surface area contributed by atoms with Gasteiger partial charge in [0.2, 0.25) is 0 Å². The van der Waals surface area contributed by atoms with Crippen molar-refractivity contribution in [1.29, 1.82) is 5.26 Å². The predicted octanol–water partition coefficient (Wildman–Crippen LogP) is 3.32. The quantitative estimate of drug-likeness (QED) is 0.898. The lowest BCUT2D eigenvalue weighted by Gasteiger charge is -2.08. The van der Waals surface area contributed by atoms with Crippen LogP contribution in [0.25, 0.3) is 0 Å². The van der Waals surface area contributed by atoms with Gasteiger partial charge in [0.25, 0.3) is 0 Å². The minimum atomic E-state index is 0.0382. The highest BCUT2D eigenvalue weighted by atomic mass is 35.5. The molecule has 4 heteroatoms. The molecule has 2 aromatic rings. The van der Waals surface area contributed by atoms with Gasteiger partial charge in [-0.3, -0.25) is 0 Å². The smallest absolute Gasteiger partial charge is 0.101 e. The third kappa shape index (κ3) is 3.47. The Hall–Kier alpha value is -2.02. The molecule has 2 aromatic carbocycles. The molecule has 0 heterocycles. The van der Waals surface area contributed by atoms with Crippen molar-refractivity contribution in [1.82, 2.24) is 0 Å². The predicted molar refractivity (Wildman–Crippen MR) is 75.9 cm³/mol. The molecule has 0 unspecified atom stereocenters. The molecule has 0 aliphatic carbocycles. The van der Waals surface area contributed by atoms with E-state index in [1.807, 2.05) is 36.4 Å². The first-order valence-electron chi connectivity index (χ1n) is 5.85. The minimum absolute atomic E-state index is 0.0382. The molecule has 0 radical (unpaired) electrons. The van der Waals surface area contributed by atoms with E-state index < -0.39 is 0 Å². The van der Waals surface area contributed by atoms with Crippen LogP contribution in [0.2, 0.25) is 5.02 Å². The largest absolute Gasteiger partial charge is 0.392 e. The van der Waals surface area contributed by atoms with Crippen molar-refractivity contribution in [3.63, 3.8) is 0 Å². The van der Waals surface area contributed by atoms with Gasteiger partial charge in [-0.05, 0) is 29.3 Å². The Morgan fingerprint density at radius 3 is 2.63 bits per heavy atom. The maximum Gasteiger partial charge on any atom is 0.101 e. The maximum absolute atomic E-state index is 9.07. The molecule has 0 aliphatic rings. The zero-order chi connectivity index (χ0) is 13.7. The molecule has 3 nitrogen and oxygen atoms in total. The molecule has 0 bridgehead atoms. The van der Waals surface area contributed by atoms with E-state index >= 15 is 0 Å². The number of nitrogens with zero attached hydrogens (tertiary/aromatic N) is 1. The number of halogens is 1. The number of hydrogen-bond donors (Lipinski definition) is 2. The summed E-state index contributed by atoms with van der Waals surface area (Å²) >= 11 is 5.96. The van der Waals surface area contributed by atoms with Gasteiger partial charge in [-0.15, -0.1) is 0 Å². The molecule has 0 atom stereocenters. The second-order valence-electron chi connectivity index (χ2n) is 4.14. The zero-order valence-corrected chi connectivity index (χ0v) is 11.0. The van der Waals surface area contributed by atoms with Crippen LogP contribution in [0.3, 0.4) is 0 Å². The summed E-state index contributed by atoms with van der Waals surface area (Å²) < 4.78 is 0. The second-order valence-corrected chi connectivity index (χ2v) is 4.55. The molecule has 0 amide bonds. The highest BCUT2D eigenvalue weighted by Crippen LogP contribution is 2.20. The number of nitriles is 1. The lowest BCUT2D eigenvalue weighted by Crippen LogP contribution is -2.00. The summed E-state index contributed by atoms with van der Waals surface area (Å²) in [6.45, 7) is 0.673. The number of anilines is 1. The fraction of sp³-hybridized carbons (Fsp3) is 0.133. The van der Waals surface area contributed by atoms with Crippen molar-refractivity contribution in [3.05, 3.63) is 64.2 Å².